The van der Waals surface area contributed by atoms with Crippen LogP contribution in [0.1, 0.15) is 18.4 Å². The van der Waals surface area contributed by atoms with Gasteiger partial charge in [0.05, 0.1) is 26.2 Å². The summed E-state index contributed by atoms with van der Waals surface area (Å²) < 4.78 is 10.2. The smallest absolute Gasteiger partial charge is 0.328 e. The van der Waals surface area contributed by atoms with Gasteiger partial charge in [0.25, 0.3) is 0 Å². The van der Waals surface area contributed by atoms with Crippen molar-refractivity contribution in [1.29, 1.82) is 0 Å². The van der Waals surface area contributed by atoms with Gasteiger partial charge in [0.15, 0.2) is 6.04 Å². The van der Waals surface area contributed by atoms with Crippen molar-refractivity contribution in [3.05, 3.63) is 42.5 Å². The van der Waals surface area contributed by atoms with Crippen LogP contribution in [0.4, 0.5) is 0 Å². The highest BCUT2D eigenvalue weighted by Gasteiger charge is 2.24. The second-order valence-electron chi connectivity index (χ2n) is 4.72. The van der Waals surface area contributed by atoms with Crippen molar-refractivity contribution in [1.82, 2.24) is 5.32 Å². The van der Waals surface area contributed by atoms with Crippen LogP contribution in [0.2, 0.25) is 0 Å². The minimum absolute atomic E-state index is 0.113. The fourth-order valence-electron chi connectivity index (χ4n) is 1.80. The Morgan fingerprint density at radius 2 is 2.18 bits per heavy atom. The standard InChI is InChI=1S/C16H21NO5/c1-4-8-22-10-14(16(19)20)17-15(18)11(2)12-6-5-7-13(9-12)21-3/h4-7,9,11,14H,1,8,10H2,2-3H3,(H,17,18)(H,19,20). The summed E-state index contributed by atoms with van der Waals surface area (Å²) in [6, 6.07) is 5.99. The molecule has 1 aromatic carbocycles. The van der Waals surface area contributed by atoms with Gasteiger partial charge >= 0.3 is 5.97 Å². The summed E-state index contributed by atoms with van der Waals surface area (Å²) >= 11 is 0. The van der Waals surface area contributed by atoms with Gasteiger partial charge < -0.3 is 19.9 Å². The summed E-state index contributed by atoms with van der Waals surface area (Å²) in [5, 5.41) is 11.6. The lowest BCUT2D eigenvalue weighted by Gasteiger charge is -2.18. The molecule has 0 heterocycles. The molecule has 1 aromatic rings. The largest absolute Gasteiger partial charge is 0.497 e. The Hall–Kier alpha value is -2.34. The van der Waals surface area contributed by atoms with E-state index in [9.17, 15) is 9.59 Å². The maximum atomic E-state index is 12.2. The highest BCUT2D eigenvalue weighted by atomic mass is 16.5. The summed E-state index contributed by atoms with van der Waals surface area (Å²) in [6.07, 6.45) is 1.51. The van der Waals surface area contributed by atoms with Gasteiger partial charge in [-0.25, -0.2) is 4.79 Å². The SMILES string of the molecule is C=CCOCC(NC(=O)C(C)c1cccc(OC)c1)C(=O)O. The Kier molecular flexibility index (Phi) is 7.12. The molecular formula is C16H21NO5. The molecule has 0 saturated heterocycles. The number of hydrogen-bond donors (Lipinski definition) is 2. The molecule has 6 heteroatoms. The summed E-state index contributed by atoms with van der Waals surface area (Å²) in [6.45, 7) is 5.29. The molecule has 0 bridgehead atoms. The quantitative estimate of drug-likeness (QED) is 0.534. The first kappa shape index (κ1) is 17.7. The monoisotopic (exact) mass is 307 g/mol. The molecule has 0 aromatic heterocycles. The number of amides is 1. The van der Waals surface area contributed by atoms with Crippen LogP contribution in [0.3, 0.4) is 0 Å². The number of carbonyl (C=O) groups excluding carboxylic acids is 1. The maximum absolute atomic E-state index is 12.2. The lowest BCUT2D eigenvalue weighted by Crippen LogP contribution is -2.45. The van der Waals surface area contributed by atoms with Crippen LogP contribution in [-0.2, 0) is 14.3 Å². The summed E-state index contributed by atoms with van der Waals surface area (Å²) in [4.78, 5) is 23.3. The molecule has 0 fully saturated rings. The van der Waals surface area contributed by atoms with E-state index in [4.69, 9.17) is 14.6 Å². The van der Waals surface area contributed by atoms with E-state index < -0.39 is 17.9 Å². The molecule has 0 aliphatic carbocycles. The summed E-state index contributed by atoms with van der Waals surface area (Å²) in [5.74, 6) is -1.39. The summed E-state index contributed by atoms with van der Waals surface area (Å²) in [5.41, 5.74) is 0.744. The molecule has 0 aliphatic heterocycles. The normalized spacial score (nSPS) is 13.0. The van der Waals surface area contributed by atoms with Crippen molar-refractivity contribution in [2.75, 3.05) is 20.3 Å². The zero-order chi connectivity index (χ0) is 16.5. The molecule has 0 aliphatic rings. The fraction of sp³-hybridized carbons (Fsp3) is 0.375. The van der Waals surface area contributed by atoms with Crippen molar-refractivity contribution in [3.63, 3.8) is 0 Å². The van der Waals surface area contributed by atoms with Gasteiger partial charge in [0.2, 0.25) is 5.91 Å². The van der Waals surface area contributed by atoms with Crippen molar-refractivity contribution in [2.45, 2.75) is 18.9 Å². The topological polar surface area (TPSA) is 84.9 Å². The predicted octanol–water partition coefficient (Wildman–Crippen LogP) is 1.57. The predicted molar refractivity (Wildman–Crippen MR) is 82.0 cm³/mol. The first-order valence-corrected chi connectivity index (χ1v) is 6.85. The van der Waals surface area contributed by atoms with Crippen LogP contribution in [0.15, 0.2) is 36.9 Å². The zero-order valence-corrected chi connectivity index (χ0v) is 12.7. The number of ether oxygens (including phenoxy) is 2. The second kappa shape index (κ2) is 8.84. The van der Waals surface area contributed by atoms with E-state index in [0.29, 0.717) is 5.75 Å². The van der Waals surface area contributed by atoms with E-state index in [-0.39, 0.29) is 19.1 Å². The number of rotatable bonds is 9. The number of carboxylic acids is 1. The average Bonchev–Trinajstić information content (AvgIpc) is 2.53. The molecule has 120 valence electrons. The van der Waals surface area contributed by atoms with Crippen LogP contribution in [0.25, 0.3) is 0 Å². The number of carboxylic acid groups (broad SMARTS) is 1. The molecular weight excluding hydrogens is 286 g/mol. The molecule has 0 radical (unpaired) electrons. The van der Waals surface area contributed by atoms with Gasteiger partial charge in [0, 0.05) is 0 Å². The van der Waals surface area contributed by atoms with E-state index in [2.05, 4.69) is 11.9 Å². The lowest BCUT2D eigenvalue weighted by molar-refractivity contribution is -0.143. The van der Waals surface area contributed by atoms with Gasteiger partial charge in [-0.05, 0) is 24.6 Å². The maximum Gasteiger partial charge on any atom is 0.328 e. The van der Waals surface area contributed by atoms with Crippen molar-refractivity contribution in [2.24, 2.45) is 0 Å². The summed E-state index contributed by atoms with van der Waals surface area (Å²) in [7, 11) is 1.54. The number of carbonyl (C=O) groups is 2. The lowest BCUT2D eigenvalue weighted by atomic mass is 10.00. The van der Waals surface area contributed by atoms with Gasteiger partial charge in [-0.2, -0.15) is 0 Å². The third-order valence-electron chi connectivity index (χ3n) is 3.12. The van der Waals surface area contributed by atoms with Crippen LogP contribution in [0, 0.1) is 0 Å². The average molecular weight is 307 g/mol. The van der Waals surface area contributed by atoms with E-state index in [1.807, 2.05) is 0 Å². The van der Waals surface area contributed by atoms with Gasteiger partial charge in [-0.1, -0.05) is 18.2 Å². The van der Waals surface area contributed by atoms with Gasteiger partial charge in [-0.3, -0.25) is 4.79 Å². The highest BCUT2D eigenvalue weighted by molar-refractivity contribution is 5.87. The molecule has 0 spiro atoms. The van der Waals surface area contributed by atoms with Gasteiger partial charge in [-0.15, -0.1) is 6.58 Å². The molecule has 1 amide bonds. The highest BCUT2D eigenvalue weighted by Crippen LogP contribution is 2.20. The molecule has 2 unspecified atom stereocenters. The molecule has 6 nitrogen and oxygen atoms in total. The number of methoxy groups -OCH3 is 1. The Morgan fingerprint density at radius 3 is 2.77 bits per heavy atom. The minimum atomic E-state index is -1.14. The molecule has 2 atom stereocenters. The first-order chi connectivity index (χ1) is 10.5. The van der Waals surface area contributed by atoms with Crippen molar-refractivity contribution in [3.8, 4) is 5.75 Å². The minimum Gasteiger partial charge on any atom is -0.497 e. The van der Waals surface area contributed by atoms with Crippen LogP contribution >= 0.6 is 0 Å². The van der Waals surface area contributed by atoms with Crippen LogP contribution < -0.4 is 10.1 Å². The molecule has 1 rings (SSSR count). The number of nitrogens with one attached hydrogen (secondary N) is 1. The van der Waals surface area contributed by atoms with Crippen molar-refractivity contribution >= 4 is 11.9 Å². The second-order valence-corrected chi connectivity index (χ2v) is 4.72. The van der Waals surface area contributed by atoms with Crippen LogP contribution in [-0.4, -0.2) is 43.3 Å². The van der Waals surface area contributed by atoms with E-state index in [0.717, 1.165) is 5.56 Å². The fourth-order valence-corrected chi connectivity index (χ4v) is 1.80. The van der Waals surface area contributed by atoms with Crippen LogP contribution in [0.5, 0.6) is 5.75 Å². The first-order valence-electron chi connectivity index (χ1n) is 6.85. The Bertz CT molecular complexity index is 529. The third kappa shape index (κ3) is 5.21. The number of benzene rings is 1. The Balaban J connectivity index is 2.71. The Labute approximate surface area is 129 Å². The van der Waals surface area contributed by atoms with E-state index >= 15 is 0 Å². The van der Waals surface area contributed by atoms with E-state index in [1.54, 1.807) is 38.3 Å². The van der Waals surface area contributed by atoms with Crippen molar-refractivity contribution < 1.29 is 24.2 Å². The van der Waals surface area contributed by atoms with E-state index in [1.165, 1.54) is 6.08 Å². The number of hydrogen-bond acceptors (Lipinski definition) is 4. The Morgan fingerprint density at radius 1 is 1.45 bits per heavy atom. The molecule has 0 saturated carbocycles. The van der Waals surface area contributed by atoms with Gasteiger partial charge in [0.1, 0.15) is 5.75 Å². The molecule has 22 heavy (non-hydrogen) atoms. The number of aliphatic carboxylic acids is 1. The molecule has 2 N–H and O–H groups in total. The third-order valence-corrected chi connectivity index (χ3v) is 3.12. The zero-order valence-electron chi connectivity index (χ0n) is 12.7.